The van der Waals surface area contributed by atoms with E-state index in [-0.39, 0.29) is 24.4 Å². The van der Waals surface area contributed by atoms with E-state index in [4.69, 9.17) is 10.5 Å². The fourth-order valence-electron chi connectivity index (χ4n) is 2.53. The van der Waals surface area contributed by atoms with Crippen molar-refractivity contribution in [1.82, 2.24) is 10.2 Å². The number of aromatic nitrogens is 2. The number of anilines is 1. The molecule has 6 nitrogen and oxygen atoms in total. The van der Waals surface area contributed by atoms with Crippen molar-refractivity contribution in [2.45, 2.75) is 32.0 Å². The van der Waals surface area contributed by atoms with Gasteiger partial charge in [-0.05, 0) is 37.5 Å². The van der Waals surface area contributed by atoms with Gasteiger partial charge in [0.2, 0.25) is 0 Å². The highest BCUT2D eigenvalue weighted by Crippen LogP contribution is 2.24. The van der Waals surface area contributed by atoms with Crippen LogP contribution in [0.15, 0.2) is 18.3 Å². The van der Waals surface area contributed by atoms with Crippen molar-refractivity contribution in [3.8, 4) is 0 Å². The third-order valence-electron chi connectivity index (χ3n) is 3.71. The molecule has 0 saturated carbocycles. The zero-order valence-electron chi connectivity index (χ0n) is 11.8. The summed E-state index contributed by atoms with van der Waals surface area (Å²) in [4.78, 5) is 12.2. The molecule has 0 unspecified atom stereocenters. The number of ether oxygens (including phenoxy) is 1. The van der Waals surface area contributed by atoms with Crippen LogP contribution in [0.3, 0.4) is 0 Å². The molecule has 0 aliphatic carbocycles. The summed E-state index contributed by atoms with van der Waals surface area (Å²) in [7, 11) is 0. The molecule has 1 amide bonds. The van der Waals surface area contributed by atoms with Crippen LogP contribution in [0, 0.1) is 6.92 Å². The molecule has 1 aromatic carbocycles. The van der Waals surface area contributed by atoms with Gasteiger partial charge in [-0.15, -0.1) is 12.4 Å². The highest BCUT2D eigenvalue weighted by atomic mass is 35.5. The largest absolute Gasteiger partial charge is 0.364 e. The quantitative estimate of drug-likeness (QED) is 0.805. The molecule has 7 heteroatoms. The summed E-state index contributed by atoms with van der Waals surface area (Å²) in [5.41, 5.74) is 8.24. The molecule has 114 valence electrons. The summed E-state index contributed by atoms with van der Waals surface area (Å²) in [6.07, 6.45) is 2.92. The predicted octanol–water partition coefficient (Wildman–Crippen LogP) is 1.74. The molecule has 21 heavy (non-hydrogen) atoms. The van der Waals surface area contributed by atoms with Crippen LogP contribution in [0.2, 0.25) is 0 Å². The fraction of sp³-hybridized carbons (Fsp3) is 0.429. The van der Waals surface area contributed by atoms with Crippen LogP contribution >= 0.6 is 12.4 Å². The molecule has 1 aliphatic rings. The molecule has 1 saturated heterocycles. The molecule has 0 bridgehead atoms. The van der Waals surface area contributed by atoms with Crippen molar-refractivity contribution in [2.24, 2.45) is 5.73 Å². The average molecular weight is 311 g/mol. The maximum absolute atomic E-state index is 12.2. The van der Waals surface area contributed by atoms with Crippen molar-refractivity contribution in [1.29, 1.82) is 0 Å². The van der Waals surface area contributed by atoms with Crippen molar-refractivity contribution >= 4 is 34.9 Å². The third-order valence-corrected chi connectivity index (χ3v) is 3.71. The number of nitrogens with two attached hydrogens (primary N) is 1. The Hall–Kier alpha value is -1.63. The third kappa shape index (κ3) is 3.18. The van der Waals surface area contributed by atoms with E-state index in [1.807, 2.05) is 19.1 Å². The first kappa shape index (κ1) is 15.8. The van der Waals surface area contributed by atoms with E-state index in [0.717, 1.165) is 35.0 Å². The lowest BCUT2D eigenvalue weighted by Crippen LogP contribution is -2.30. The Kier molecular flexibility index (Phi) is 4.82. The summed E-state index contributed by atoms with van der Waals surface area (Å²) in [5, 5.41) is 10.8. The van der Waals surface area contributed by atoms with Crippen LogP contribution in [-0.2, 0) is 9.53 Å². The molecule has 0 radical (unpaired) electrons. The van der Waals surface area contributed by atoms with Gasteiger partial charge in [-0.25, -0.2) is 0 Å². The normalized spacial score (nSPS) is 21.2. The monoisotopic (exact) mass is 310 g/mol. The standard InChI is InChI=1S/C14H18N4O2.ClH/c1-8-4-9-7-16-18-12(9)5-11(8)17-14(19)13-3-2-10(6-15)20-13;/h4-5,7,10,13H,2-3,6,15H2,1H3,(H,16,18)(H,17,19);1H/t10-,13+;/m1./s1. The Morgan fingerprint density at radius 1 is 1.52 bits per heavy atom. The summed E-state index contributed by atoms with van der Waals surface area (Å²) in [5.74, 6) is -0.108. The van der Waals surface area contributed by atoms with Gasteiger partial charge in [-0.1, -0.05) is 0 Å². The first-order valence-corrected chi connectivity index (χ1v) is 6.77. The van der Waals surface area contributed by atoms with Crippen molar-refractivity contribution < 1.29 is 9.53 Å². The second-order valence-corrected chi connectivity index (χ2v) is 5.17. The number of hydrogen-bond acceptors (Lipinski definition) is 4. The van der Waals surface area contributed by atoms with E-state index in [1.165, 1.54) is 0 Å². The minimum atomic E-state index is -0.402. The fourth-order valence-corrected chi connectivity index (χ4v) is 2.53. The molecule has 0 spiro atoms. The number of H-pyrrole nitrogens is 1. The number of fused-ring (bicyclic) bond motifs is 1. The summed E-state index contributed by atoms with van der Waals surface area (Å²) >= 11 is 0. The lowest BCUT2D eigenvalue weighted by molar-refractivity contribution is -0.126. The molecule has 2 heterocycles. The van der Waals surface area contributed by atoms with Crippen LogP contribution < -0.4 is 11.1 Å². The number of rotatable bonds is 3. The first-order chi connectivity index (χ1) is 9.67. The lowest BCUT2D eigenvalue weighted by Gasteiger charge is -2.14. The Balaban J connectivity index is 0.00000161. The van der Waals surface area contributed by atoms with Crippen molar-refractivity contribution in [3.05, 3.63) is 23.9 Å². The number of carbonyl (C=O) groups is 1. The smallest absolute Gasteiger partial charge is 0.253 e. The van der Waals surface area contributed by atoms with E-state index in [1.54, 1.807) is 6.20 Å². The Morgan fingerprint density at radius 2 is 2.33 bits per heavy atom. The second kappa shape index (κ2) is 6.43. The van der Waals surface area contributed by atoms with Gasteiger partial charge in [-0.3, -0.25) is 9.89 Å². The van der Waals surface area contributed by atoms with Gasteiger partial charge in [0.05, 0.1) is 17.8 Å². The predicted molar refractivity (Wildman–Crippen MR) is 83.7 cm³/mol. The number of amides is 1. The maximum Gasteiger partial charge on any atom is 0.253 e. The highest BCUT2D eigenvalue weighted by molar-refractivity contribution is 5.97. The molecule has 2 aromatic rings. The van der Waals surface area contributed by atoms with Crippen molar-refractivity contribution in [3.63, 3.8) is 0 Å². The average Bonchev–Trinajstić information content (AvgIpc) is 3.07. The number of nitrogens with zero attached hydrogens (tertiary/aromatic N) is 1. The Morgan fingerprint density at radius 3 is 3.05 bits per heavy atom. The van der Waals surface area contributed by atoms with Gasteiger partial charge in [0, 0.05) is 17.6 Å². The molecule has 2 atom stereocenters. The Bertz CT molecular complexity index is 643. The molecule has 4 N–H and O–H groups in total. The lowest BCUT2D eigenvalue weighted by atomic mass is 10.1. The van der Waals surface area contributed by atoms with E-state index in [0.29, 0.717) is 6.54 Å². The first-order valence-electron chi connectivity index (χ1n) is 6.77. The van der Waals surface area contributed by atoms with Gasteiger partial charge < -0.3 is 15.8 Å². The minimum absolute atomic E-state index is 0. The number of aromatic amines is 1. The van der Waals surface area contributed by atoms with Gasteiger partial charge >= 0.3 is 0 Å². The van der Waals surface area contributed by atoms with E-state index in [2.05, 4.69) is 15.5 Å². The van der Waals surface area contributed by atoms with Gasteiger partial charge in [0.15, 0.2) is 0 Å². The topological polar surface area (TPSA) is 93.0 Å². The number of hydrogen-bond donors (Lipinski definition) is 3. The van der Waals surface area contributed by atoms with E-state index in [9.17, 15) is 4.79 Å². The van der Waals surface area contributed by atoms with Gasteiger partial charge in [0.1, 0.15) is 6.10 Å². The van der Waals surface area contributed by atoms with Crippen molar-refractivity contribution in [2.75, 3.05) is 11.9 Å². The maximum atomic E-state index is 12.2. The van der Waals surface area contributed by atoms with E-state index >= 15 is 0 Å². The number of benzene rings is 1. The number of aryl methyl sites for hydroxylation is 1. The Labute approximate surface area is 128 Å². The molecular weight excluding hydrogens is 292 g/mol. The SMILES string of the molecule is Cc1cc2cn[nH]c2cc1NC(=O)[C@@H]1CC[C@H](CN)O1.Cl. The highest BCUT2D eigenvalue weighted by Gasteiger charge is 2.30. The second-order valence-electron chi connectivity index (χ2n) is 5.17. The van der Waals surface area contributed by atoms with Crippen LogP contribution in [0.25, 0.3) is 10.9 Å². The van der Waals surface area contributed by atoms with Crippen LogP contribution in [0.1, 0.15) is 18.4 Å². The summed E-state index contributed by atoms with van der Waals surface area (Å²) in [6, 6.07) is 3.89. The number of nitrogens with one attached hydrogen (secondary N) is 2. The van der Waals surface area contributed by atoms with E-state index < -0.39 is 6.10 Å². The zero-order chi connectivity index (χ0) is 14.1. The number of carbonyl (C=O) groups excluding carboxylic acids is 1. The number of halogens is 1. The van der Waals surface area contributed by atoms with Crippen LogP contribution in [-0.4, -0.2) is 34.9 Å². The molecule has 1 aliphatic heterocycles. The summed E-state index contributed by atoms with van der Waals surface area (Å²) in [6.45, 7) is 2.42. The zero-order valence-corrected chi connectivity index (χ0v) is 12.6. The van der Waals surface area contributed by atoms with Crippen LogP contribution in [0.4, 0.5) is 5.69 Å². The minimum Gasteiger partial charge on any atom is -0.364 e. The molecule has 1 fully saturated rings. The van der Waals surface area contributed by atoms with Gasteiger partial charge in [0.25, 0.3) is 5.91 Å². The molecular formula is C14H19ClN4O2. The van der Waals surface area contributed by atoms with Crippen LogP contribution in [0.5, 0.6) is 0 Å². The van der Waals surface area contributed by atoms with Gasteiger partial charge in [-0.2, -0.15) is 5.10 Å². The molecule has 3 rings (SSSR count). The summed E-state index contributed by atoms with van der Waals surface area (Å²) < 4.78 is 5.60. The molecule has 1 aromatic heterocycles.